The van der Waals surface area contributed by atoms with E-state index in [4.69, 9.17) is 4.74 Å². The van der Waals surface area contributed by atoms with Gasteiger partial charge in [-0.15, -0.1) is 0 Å². The molecule has 36 heavy (non-hydrogen) atoms. The number of benzene rings is 2. The van der Waals surface area contributed by atoms with E-state index >= 15 is 0 Å². The third kappa shape index (κ3) is 5.30. The molecule has 1 aromatic heterocycles. The summed E-state index contributed by atoms with van der Waals surface area (Å²) >= 11 is 1.33. The molecule has 192 valence electrons. The largest absolute Gasteiger partial charge is 0.468 e. The number of rotatable bonds is 5. The number of methoxy groups -OCH3 is 1. The van der Waals surface area contributed by atoms with Crippen molar-refractivity contribution in [3.8, 4) is 0 Å². The molecule has 2 heterocycles. The van der Waals surface area contributed by atoms with Gasteiger partial charge in [-0.25, -0.2) is 8.42 Å². The Balaban J connectivity index is 1.68. The zero-order valence-electron chi connectivity index (χ0n) is 21.1. The van der Waals surface area contributed by atoms with E-state index in [1.165, 1.54) is 47.0 Å². The van der Waals surface area contributed by atoms with E-state index in [1.807, 2.05) is 26.0 Å². The summed E-state index contributed by atoms with van der Waals surface area (Å²) < 4.78 is 35.3. The highest BCUT2D eigenvalue weighted by Crippen LogP contribution is 2.27. The second-order valence-corrected chi connectivity index (χ2v) is 12.6. The fourth-order valence-electron chi connectivity index (χ4n) is 4.82. The van der Waals surface area contributed by atoms with Crippen LogP contribution < -0.4 is 4.80 Å². The van der Waals surface area contributed by atoms with Gasteiger partial charge in [0.25, 0.3) is 5.91 Å². The van der Waals surface area contributed by atoms with Crippen molar-refractivity contribution in [3.63, 3.8) is 0 Å². The molecule has 1 amide bonds. The number of thiazole rings is 1. The van der Waals surface area contributed by atoms with Crippen molar-refractivity contribution in [2.75, 3.05) is 20.2 Å². The number of aryl methyl sites for hydroxylation is 2. The summed E-state index contributed by atoms with van der Waals surface area (Å²) in [5.41, 5.74) is 3.13. The minimum atomic E-state index is -3.64. The summed E-state index contributed by atoms with van der Waals surface area (Å²) in [7, 11) is -2.32. The molecule has 2 unspecified atom stereocenters. The summed E-state index contributed by atoms with van der Waals surface area (Å²) in [6.07, 6.45) is 1.01. The van der Waals surface area contributed by atoms with Crippen LogP contribution in [0, 0.1) is 25.7 Å². The monoisotopic (exact) mass is 529 g/mol. The topological polar surface area (TPSA) is 98.0 Å². The lowest BCUT2D eigenvalue weighted by Crippen LogP contribution is -2.42. The first-order valence-electron chi connectivity index (χ1n) is 11.9. The Morgan fingerprint density at radius 2 is 1.72 bits per heavy atom. The van der Waals surface area contributed by atoms with Crippen LogP contribution in [0.4, 0.5) is 0 Å². The number of esters is 1. The maximum Gasteiger partial charge on any atom is 0.325 e. The van der Waals surface area contributed by atoms with Gasteiger partial charge < -0.3 is 9.30 Å². The van der Waals surface area contributed by atoms with E-state index in [-0.39, 0.29) is 17.0 Å². The van der Waals surface area contributed by atoms with E-state index in [1.54, 1.807) is 4.57 Å². The lowest BCUT2D eigenvalue weighted by Gasteiger charge is -2.34. The average molecular weight is 530 g/mol. The van der Waals surface area contributed by atoms with E-state index in [9.17, 15) is 18.0 Å². The van der Waals surface area contributed by atoms with E-state index in [2.05, 4.69) is 18.8 Å². The van der Waals surface area contributed by atoms with Crippen molar-refractivity contribution >= 4 is 43.5 Å². The molecule has 3 aromatic rings. The standard InChI is InChI=1S/C26H31N3O5S2/c1-16-11-19(4)24-22(12-16)29(15-23(30)34-5)26(35-24)27-25(31)20-6-8-21(9-7-20)36(32,33)28-13-17(2)10-18(3)14-28/h6-9,11-12,17-18H,10,13-15H2,1-5H3. The number of hydrogen-bond donors (Lipinski definition) is 0. The number of sulfonamides is 1. The Kier molecular flexibility index (Phi) is 7.49. The number of piperidine rings is 1. The van der Waals surface area contributed by atoms with Gasteiger partial charge in [-0.05, 0) is 73.6 Å². The molecule has 0 bridgehead atoms. The third-order valence-electron chi connectivity index (χ3n) is 6.40. The van der Waals surface area contributed by atoms with Crippen LogP contribution in [0.25, 0.3) is 10.2 Å². The minimum Gasteiger partial charge on any atom is -0.468 e. The second-order valence-electron chi connectivity index (χ2n) is 9.69. The fraction of sp³-hybridized carbons (Fsp3) is 0.423. The molecule has 1 saturated heterocycles. The van der Waals surface area contributed by atoms with Crippen molar-refractivity contribution in [1.29, 1.82) is 0 Å². The second kappa shape index (κ2) is 10.3. The fourth-order valence-corrected chi connectivity index (χ4v) is 7.57. The molecule has 1 fully saturated rings. The quantitative estimate of drug-likeness (QED) is 0.467. The van der Waals surface area contributed by atoms with Gasteiger partial charge in [0.2, 0.25) is 10.0 Å². The van der Waals surface area contributed by atoms with Gasteiger partial charge in [0.1, 0.15) is 6.54 Å². The first-order chi connectivity index (χ1) is 17.0. The lowest BCUT2D eigenvalue weighted by atomic mass is 9.94. The first kappa shape index (κ1) is 26.2. The predicted octanol–water partition coefficient (Wildman–Crippen LogP) is 3.90. The molecule has 0 radical (unpaired) electrons. The van der Waals surface area contributed by atoms with Gasteiger partial charge in [-0.3, -0.25) is 9.59 Å². The Labute approximate surface area is 215 Å². The van der Waals surface area contributed by atoms with Crippen LogP contribution in [0.2, 0.25) is 0 Å². The predicted molar refractivity (Wildman–Crippen MR) is 139 cm³/mol. The number of nitrogens with zero attached hydrogens (tertiary/aromatic N) is 3. The molecule has 8 nitrogen and oxygen atoms in total. The lowest BCUT2D eigenvalue weighted by molar-refractivity contribution is -0.141. The van der Waals surface area contributed by atoms with Gasteiger partial charge in [0.15, 0.2) is 4.80 Å². The molecule has 1 aliphatic rings. The van der Waals surface area contributed by atoms with Crippen LogP contribution in [-0.2, 0) is 26.1 Å². The highest BCUT2D eigenvalue weighted by Gasteiger charge is 2.31. The third-order valence-corrected chi connectivity index (χ3v) is 9.48. The molecule has 0 spiro atoms. The average Bonchev–Trinajstić information content (AvgIpc) is 3.15. The van der Waals surface area contributed by atoms with Crippen molar-refractivity contribution in [2.24, 2.45) is 16.8 Å². The molecular weight excluding hydrogens is 498 g/mol. The SMILES string of the molecule is COC(=O)Cn1c(=NC(=O)c2ccc(S(=O)(=O)N3CC(C)CC(C)C3)cc2)sc2c(C)cc(C)cc21. The van der Waals surface area contributed by atoms with Gasteiger partial charge in [-0.1, -0.05) is 31.3 Å². The molecule has 0 aliphatic carbocycles. The number of amides is 1. The summed E-state index contributed by atoms with van der Waals surface area (Å²) in [6, 6.07) is 9.89. The number of fused-ring (bicyclic) bond motifs is 1. The van der Waals surface area contributed by atoms with Crippen molar-refractivity contribution in [3.05, 3.63) is 57.9 Å². The summed E-state index contributed by atoms with van der Waals surface area (Å²) in [6.45, 7) is 8.98. The van der Waals surface area contributed by atoms with Crippen LogP contribution in [0.15, 0.2) is 46.3 Å². The Morgan fingerprint density at radius 3 is 2.33 bits per heavy atom. The molecular formula is C26H31N3O5S2. The maximum atomic E-state index is 13.2. The van der Waals surface area contributed by atoms with Crippen molar-refractivity contribution in [1.82, 2.24) is 8.87 Å². The summed E-state index contributed by atoms with van der Waals surface area (Å²) in [5.74, 6) is -0.362. The highest BCUT2D eigenvalue weighted by molar-refractivity contribution is 7.89. The minimum absolute atomic E-state index is 0.0740. The Bertz CT molecular complexity index is 1480. The van der Waals surface area contributed by atoms with Gasteiger partial charge in [-0.2, -0.15) is 9.30 Å². The van der Waals surface area contributed by atoms with Crippen LogP contribution in [0.3, 0.4) is 0 Å². The van der Waals surface area contributed by atoms with Crippen LogP contribution in [0.5, 0.6) is 0 Å². The Hall–Kier alpha value is -2.82. The number of carbonyl (C=O) groups excluding carboxylic acids is 2. The van der Waals surface area contributed by atoms with E-state index < -0.39 is 21.9 Å². The van der Waals surface area contributed by atoms with Crippen molar-refractivity contribution in [2.45, 2.75) is 45.6 Å². The normalized spacial score (nSPS) is 19.5. The maximum absolute atomic E-state index is 13.2. The van der Waals surface area contributed by atoms with Crippen LogP contribution in [0.1, 0.15) is 41.8 Å². The van der Waals surface area contributed by atoms with E-state index in [0.717, 1.165) is 27.8 Å². The van der Waals surface area contributed by atoms with Gasteiger partial charge in [0, 0.05) is 18.7 Å². The number of carbonyl (C=O) groups is 2. The zero-order valence-corrected chi connectivity index (χ0v) is 22.8. The summed E-state index contributed by atoms with van der Waals surface area (Å²) in [4.78, 5) is 30.0. The molecule has 1 aliphatic heterocycles. The van der Waals surface area contributed by atoms with Gasteiger partial charge in [0.05, 0.1) is 22.2 Å². The van der Waals surface area contributed by atoms with Crippen molar-refractivity contribution < 1.29 is 22.7 Å². The Morgan fingerprint density at radius 1 is 1.08 bits per heavy atom. The molecule has 0 N–H and O–H groups in total. The zero-order chi connectivity index (χ0) is 26.2. The molecule has 2 atom stereocenters. The number of hydrogen-bond acceptors (Lipinski definition) is 6. The van der Waals surface area contributed by atoms with Crippen LogP contribution >= 0.6 is 11.3 Å². The summed E-state index contributed by atoms with van der Waals surface area (Å²) in [5, 5.41) is 0. The molecule has 2 aromatic carbocycles. The smallest absolute Gasteiger partial charge is 0.325 e. The van der Waals surface area contributed by atoms with Gasteiger partial charge >= 0.3 is 5.97 Å². The number of aromatic nitrogens is 1. The highest BCUT2D eigenvalue weighted by atomic mass is 32.2. The molecule has 4 rings (SSSR count). The number of ether oxygens (including phenoxy) is 1. The molecule has 0 saturated carbocycles. The van der Waals surface area contributed by atoms with Crippen LogP contribution in [-0.4, -0.2) is 49.4 Å². The first-order valence-corrected chi connectivity index (χ1v) is 14.1. The van der Waals surface area contributed by atoms with E-state index in [0.29, 0.717) is 29.7 Å². The molecule has 10 heteroatoms.